The molecule has 10 heteroatoms. The van der Waals surface area contributed by atoms with Crippen LogP contribution in [0.4, 0.5) is 0 Å². The molecule has 9 nitrogen and oxygen atoms in total. The number of halogens is 1. The first-order valence-corrected chi connectivity index (χ1v) is 14.2. The van der Waals surface area contributed by atoms with E-state index in [0.29, 0.717) is 46.4 Å². The smallest absolute Gasteiger partial charge is 0.359 e. The zero-order valence-corrected chi connectivity index (χ0v) is 24.4. The van der Waals surface area contributed by atoms with Crippen LogP contribution in [0.1, 0.15) is 58.8 Å². The number of rotatable bonds is 2. The highest BCUT2D eigenvalue weighted by Gasteiger charge is 2.37. The summed E-state index contributed by atoms with van der Waals surface area (Å²) in [6.45, 7) is 0. The van der Waals surface area contributed by atoms with Crippen molar-refractivity contribution in [1.82, 2.24) is 24.7 Å². The number of methoxy groups -OCH3 is 1. The zero-order valence-electron chi connectivity index (χ0n) is 23.7. The van der Waals surface area contributed by atoms with Gasteiger partial charge in [0.1, 0.15) is 5.15 Å². The number of fused-ring (bicyclic) bond motifs is 3. The minimum Gasteiger partial charge on any atom is -0.464 e. The molecule has 5 aromatic rings. The molecule has 226 valence electrons. The number of carbonyl (C=O) groups excluding carboxylic acids is 1. The summed E-state index contributed by atoms with van der Waals surface area (Å²) in [4.78, 5) is 24.7. The number of aryl methyl sites for hydroxylation is 2. The average molecular weight is 620 g/mol. The van der Waals surface area contributed by atoms with Gasteiger partial charge >= 0.3 is 5.97 Å². The number of ether oxygens (including phenoxy) is 1. The van der Waals surface area contributed by atoms with Gasteiger partial charge in [-0.1, -0.05) is 55.0 Å². The van der Waals surface area contributed by atoms with Gasteiger partial charge in [0.25, 0.3) is 0 Å². The highest BCUT2D eigenvalue weighted by atomic mass is 35.5. The summed E-state index contributed by atoms with van der Waals surface area (Å²) in [6, 6.07) is 16.6. The first-order valence-electron chi connectivity index (χ1n) is 13.8. The number of benzene rings is 1. The van der Waals surface area contributed by atoms with Crippen molar-refractivity contribution in [3.63, 3.8) is 0 Å². The largest absolute Gasteiger partial charge is 0.464 e. The molecule has 0 aliphatic heterocycles. The van der Waals surface area contributed by atoms with Crippen LogP contribution in [0.25, 0.3) is 16.6 Å². The fraction of sp³-hybridized carbons (Fsp3) is 0.229. The van der Waals surface area contributed by atoms with E-state index in [1.54, 1.807) is 23.1 Å². The minimum absolute atomic E-state index is 0. The van der Waals surface area contributed by atoms with E-state index in [1.165, 1.54) is 13.3 Å². The van der Waals surface area contributed by atoms with Gasteiger partial charge in [0.05, 0.1) is 35.1 Å². The molecule has 0 spiro atoms. The van der Waals surface area contributed by atoms with Crippen LogP contribution in [0, 0.1) is 24.2 Å². The molecular weight excluding hydrogens is 590 g/mol. The first-order chi connectivity index (χ1) is 21.2. The summed E-state index contributed by atoms with van der Waals surface area (Å²) >= 11 is 6.09. The molecule has 2 aliphatic rings. The lowest BCUT2D eigenvalue weighted by atomic mass is 10.0. The van der Waals surface area contributed by atoms with Gasteiger partial charge in [-0.25, -0.2) is 14.5 Å². The molecule has 0 saturated carbocycles. The molecule has 4 aromatic heterocycles. The number of carbonyl (C=O) groups is 1. The number of nitrogens with zero attached hydrogens (tertiary/aromatic N) is 5. The van der Waals surface area contributed by atoms with Gasteiger partial charge in [0.2, 0.25) is 0 Å². The van der Waals surface area contributed by atoms with Crippen LogP contribution in [0.15, 0.2) is 73.2 Å². The van der Waals surface area contributed by atoms with E-state index in [9.17, 15) is 15.0 Å². The van der Waals surface area contributed by atoms with Crippen LogP contribution < -0.4 is 0 Å². The van der Waals surface area contributed by atoms with E-state index >= 15 is 0 Å². The van der Waals surface area contributed by atoms with Crippen LogP contribution in [-0.4, -0.2) is 48.0 Å². The highest BCUT2D eigenvalue weighted by molar-refractivity contribution is 6.30. The predicted molar refractivity (Wildman–Crippen MR) is 171 cm³/mol. The summed E-state index contributed by atoms with van der Waals surface area (Å²) in [5, 5.41) is 26.1. The average Bonchev–Trinajstić information content (AvgIpc) is 3.72. The van der Waals surface area contributed by atoms with Crippen LogP contribution >= 0.6 is 11.6 Å². The first kappa shape index (κ1) is 31.4. The lowest BCUT2D eigenvalue weighted by Crippen LogP contribution is -2.20. The molecule has 0 radical (unpaired) electrons. The van der Waals surface area contributed by atoms with E-state index in [2.05, 4.69) is 37.8 Å². The fourth-order valence-corrected chi connectivity index (χ4v) is 5.63. The summed E-state index contributed by atoms with van der Waals surface area (Å²) < 4.78 is 6.45. The van der Waals surface area contributed by atoms with Crippen molar-refractivity contribution in [1.29, 1.82) is 0 Å². The molecule has 45 heavy (non-hydrogen) atoms. The second-order valence-corrected chi connectivity index (χ2v) is 10.9. The molecular formula is C35H30ClN5O4. The number of esters is 1. The Morgan fingerprint density at radius 2 is 1.64 bits per heavy atom. The SMILES string of the molecule is C.C#CC1(O)CCc2cccnc21.COC(=O)c1nn(-c2cccc(C#CC3(O)CCc4cccnc43)c2)c2cc(Cl)ncc12. The van der Waals surface area contributed by atoms with Crippen molar-refractivity contribution in [3.8, 4) is 29.9 Å². The topological polar surface area (TPSA) is 123 Å². The Labute approximate surface area is 265 Å². The second kappa shape index (κ2) is 12.5. The Hall–Kier alpha value is -5.06. The third kappa shape index (κ3) is 5.90. The molecule has 0 bridgehead atoms. The van der Waals surface area contributed by atoms with Gasteiger partial charge < -0.3 is 14.9 Å². The Morgan fingerprint density at radius 3 is 2.31 bits per heavy atom. The summed E-state index contributed by atoms with van der Waals surface area (Å²) in [5.74, 6) is 7.89. The molecule has 0 saturated heterocycles. The maximum absolute atomic E-state index is 12.2. The molecule has 4 heterocycles. The van der Waals surface area contributed by atoms with Gasteiger partial charge in [-0.15, -0.1) is 6.42 Å². The van der Waals surface area contributed by atoms with Gasteiger partial charge in [-0.2, -0.15) is 5.10 Å². The number of terminal acetylenes is 1. The third-order valence-corrected chi connectivity index (χ3v) is 7.94. The molecule has 7 rings (SSSR count). The molecule has 2 unspecified atom stereocenters. The van der Waals surface area contributed by atoms with Crippen LogP contribution in [0.3, 0.4) is 0 Å². The summed E-state index contributed by atoms with van der Waals surface area (Å²) in [5.41, 5.74) is 3.09. The molecule has 0 fully saturated rings. The minimum atomic E-state index is -1.28. The molecule has 2 atom stereocenters. The van der Waals surface area contributed by atoms with Gasteiger partial charge in [-0.3, -0.25) is 9.97 Å². The molecule has 2 aliphatic carbocycles. The lowest BCUT2D eigenvalue weighted by Gasteiger charge is -2.15. The van der Waals surface area contributed by atoms with Crippen molar-refractivity contribution in [3.05, 3.63) is 112 Å². The predicted octanol–water partition coefficient (Wildman–Crippen LogP) is 4.93. The lowest BCUT2D eigenvalue weighted by molar-refractivity contribution is 0.0595. The quantitative estimate of drug-likeness (QED) is 0.162. The van der Waals surface area contributed by atoms with Crippen molar-refractivity contribution < 1.29 is 19.7 Å². The summed E-state index contributed by atoms with van der Waals surface area (Å²) in [6.07, 6.45) is 12.7. The number of hydrogen-bond donors (Lipinski definition) is 2. The Balaban J connectivity index is 0.000000258. The van der Waals surface area contributed by atoms with Gasteiger partial charge in [-0.05, 0) is 67.1 Å². The Bertz CT molecular complexity index is 2020. The van der Waals surface area contributed by atoms with Crippen molar-refractivity contribution in [2.45, 2.75) is 44.3 Å². The molecule has 1 aromatic carbocycles. The number of hydrogen-bond acceptors (Lipinski definition) is 8. The molecule has 2 N–H and O–H groups in total. The van der Waals surface area contributed by atoms with Crippen LogP contribution in [-0.2, 0) is 28.8 Å². The van der Waals surface area contributed by atoms with E-state index in [4.69, 9.17) is 22.8 Å². The van der Waals surface area contributed by atoms with E-state index < -0.39 is 17.2 Å². The standard InChI is InChI=1S/C24H17ClN4O3.C10H9NO.CH4/c1-32-23(30)21-18-14-27-20(25)13-19(18)29(28-21)17-6-2-4-15(12-17)7-9-24(31)10-8-16-5-3-11-26-22(16)24;1-2-10(12)6-5-8-4-3-7-11-9(8)10;/h2-6,11-14,31H,8,10H2,1H3;1,3-4,7,12H,5-6H2;1H4. The zero-order chi connectivity index (χ0) is 30.9. The summed E-state index contributed by atoms with van der Waals surface area (Å²) in [7, 11) is 1.30. The Morgan fingerprint density at radius 1 is 0.978 bits per heavy atom. The molecule has 0 amide bonds. The van der Waals surface area contributed by atoms with E-state index in [1.807, 2.05) is 48.5 Å². The van der Waals surface area contributed by atoms with E-state index in [-0.39, 0.29) is 18.3 Å². The fourth-order valence-electron chi connectivity index (χ4n) is 5.48. The van der Waals surface area contributed by atoms with Crippen molar-refractivity contribution in [2.75, 3.05) is 7.11 Å². The van der Waals surface area contributed by atoms with Crippen molar-refractivity contribution in [2.24, 2.45) is 0 Å². The highest BCUT2D eigenvalue weighted by Crippen LogP contribution is 2.35. The second-order valence-electron chi connectivity index (χ2n) is 10.5. The van der Waals surface area contributed by atoms with Crippen LogP contribution in [0.2, 0.25) is 5.15 Å². The monoisotopic (exact) mass is 619 g/mol. The number of aliphatic hydroxyl groups is 2. The number of aromatic nitrogens is 5. The maximum atomic E-state index is 12.2. The maximum Gasteiger partial charge on any atom is 0.359 e. The van der Waals surface area contributed by atoms with Gasteiger partial charge in [0, 0.05) is 30.2 Å². The van der Waals surface area contributed by atoms with Crippen LogP contribution in [0.5, 0.6) is 0 Å². The Kier molecular flexibility index (Phi) is 8.72. The third-order valence-electron chi connectivity index (χ3n) is 7.73. The van der Waals surface area contributed by atoms with Crippen molar-refractivity contribution >= 4 is 28.5 Å². The van der Waals surface area contributed by atoms with Gasteiger partial charge in [0.15, 0.2) is 16.9 Å². The van der Waals surface area contributed by atoms with E-state index in [0.717, 1.165) is 24.0 Å². The normalized spacial score (nSPS) is 19.1. The number of pyridine rings is 3.